The van der Waals surface area contributed by atoms with Crippen molar-refractivity contribution in [3.63, 3.8) is 0 Å². The van der Waals surface area contributed by atoms with Gasteiger partial charge in [-0.15, -0.1) is 0 Å². The van der Waals surface area contributed by atoms with E-state index < -0.39 is 30.9 Å². The maximum absolute atomic E-state index is 13.4. The van der Waals surface area contributed by atoms with Crippen molar-refractivity contribution in [3.05, 3.63) is 58.9 Å². The van der Waals surface area contributed by atoms with E-state index in [1.165, 1.54) is 18.2 Å². The molecule has 0 saturated carbocycles. The van der Waals surface area contributed by atoms with Crippen LogP contribution in [0.4, 0.5) is 10.1 Å². The molecule has 0 aromatic heterocycles. The van der Waals surface area contributed by atoms with E-state index in [9.17, 15) is 14.0 Å². The highest BCUT2D eigenvalue weighted by atomic mass is 19.1. The van der Waals surface area contributed by atoms with E-state index in [4.69, 9.17) is 9.47 Å². The van der Waals surface area contributed by atoms with E-state index in [0.29, 0.717) is 5.69 Å². The Morgan fingerprint density at radius 1 is 1.04 bits per heavy atom. The summed E-state index contributed by atoms with van der Waals surface area (Å²) in [5.41, 5.74) is 3.67. The van der Waals surface area contributed by atoms with Crippen LogP contribution in [0.1, 0.15) is 16.7 Å². The Bertz CT molecular complexity index is 766. The molecule has 1 N–H and O–H groups in total. The SMILES string of the molecule is Cc1cc(C)c(NC(=O)COC(=O)COc2ccccc2F)c(C)c1. The number of benzene rings is 2. The molecular formula is C19H20FNO4. The van der Waals surface area contributed by atoms with Crippen molar-refractivity contribution in [2.24, 2.45) is 0 Å². The predicted octanol–water partition coefficient (Wildman–Crippen LogP) is 3.31. The minimum atomic E-state index is -0.754. The fourth-order valence-electron chi connectivity index (χ4n) is 2.44. The lowest BCUT2D eigenvalue weighted by atomic mass is 10.1. The van der Waals surface area contributed by atoms with Gasteiger partial charge in [-0.3, -0.25) is 4.79 Å². The molecule has 2 rings (SSSR count). The normalized spacial score (nSPS) is 10.2. The molecule has 6 heteroatoms. The summed E-state index contributed by atoms with van der Waals surface area (Å²) in [5, 5.41) is 2.73. The Balaban J connectivity index is 1.82. The quantitative estimate of drug-likeness (QED) is 0.816. The average molecular weight is 345 g/mol. The molecule has 0 aliphatic rings. The molecule has 25 heavy (non-hydrogen) atoms. The van der Waals surface area contributed by atoms with Crippen molar-refractivity contribution in [1.29, 1.82) is 0 Å². The van der Waals surface area contributed by atoms with Crippen molar-refractivity contribution in [3.8, 4) is 5.75 Å². The monoisotopic (exact) mass is 345 g/mol. The van der Waals surface area contributed by atoms with Crippen LogP contribution in [-0.2, 0) is 14.3 Å². The highest BCUT2D eigenvalue weighted by molar-refractivity contribution is 5.94. The minimum Gasteiger partial charge on any atom is -0.479 e. The van der Waals surface area contributed by atoms with Crippen molar-refractivity contribution in [2.45, 2.75) is 20.8 Å². The second-order valence-corrected chi connectivity index (χ2v) is 5.70. The first-order valence-corrected chi connectivity index (χ1v) is 7.77. The number of aryl methyl sites for hydroxylation is 3. The molecular weight excluding hydrogens is 325 g/mol. The molecule has 2 aromatic rings. The van der Waals surface area contributed by atoms with E-state index in [0.717, 1.165) is 16.7 Å². The van der Waals surface area contributed by atoms with Gasteiger partial charge in [0, 0.05) is 5.69 Å². The summed E-state index contributed by atoms with van der Waals surface area (Å²) in [7, 11) is 0. The van der Waals surface area contributed by atoms with Crippen LogP contribution in [0.3, 0.4) is 0 Å². The number of nitrogens with one attached hydrogen (secondary N) is 1. The molecule has 0 aliphatic heterocycles. The maximum atomic E-state index is 13.4. The number of rotatable bonds is 6. The first kappa shape index (κ1) is 18.4. The van der Waals surface area contributed by atoms with Crippen molar-refractivity contribution >= 4 is 17.6 Å². The van der Waals surface area contributed by atoms with Crippen LogP contribution in [-0.4, -0.2) is 25.1 Å². The molecule has 0 saturated heterocycles. The first-order valence-electron chi connectivity index (χ1n) is 7.77. The number of ether oxygens (including phenoxy) is 2. The molecule has 0 atom stereocenters. The lowest BCUT2D eigenvalue weighted by molar-refractivity contribution is -0.149. The predicted molar refractivity (Wildman–Crippen MR) is 92.1 cm³/mol. The van der Waals surface area contributed by atoms with Crippen LogP contribution >= 0.6 is 0 Å². The Hall–Kier alpha value is -2.89. The van der Waals surface area contributed by atoms with E-state index in [-0.39, 0.29) is 5.75 Å². The van der Waals surface area contributed by atoms with Crippen LogP contribution in [0.25, 0.3) is 0 Å². The number of anilines is 1. The summed E-state index contributed by atoms with van der Waals surface area (Å²) in [5.74, 6) is -1.82. The van der Waals surface area contributed by atoms with E-state index >= 15 is 0 Å². The van der Waals surface area contributed by atoms with Gasteiger partial charge in [-0.2, -0.15) is 0 Å². The van der Waals surface area contributed by atoms with E-state index in [1.54, 1.807) is 6.07 Å². The number of halogens is 1. The summed E-state index contributed by atoms with van der Waals surface area (Å²) >= 11 is 0. The standard InChI is InChI=1S/C19H20FNO4/c1-12-8-13(2)19(14(3)9-12)21-17(22)10-25-18(23)11-24-16-7-5-4-6-15(16)20/h4-9H,10-11H2,1-3H3,(H,21,22). The summed E-state index contributed by atoms with van der Waals surface area (Å²) < 4.78 is 23.2. The third-order valence-electron chi connectivity index (χ3n) is 3.49. The molecule has 0 radical (unpaired) electrons. The number of carbonyl (C=O) groups is 2. The summed E-state index contributed by atoms with van der Waals surface area (Å²) in [6, 6.07) is 9.63. The van der Waals surface area contributed by atoms with Crippen molar-refractivity contribution in [2.75, 3.05) is 18.5 Å². The number of carbonyl (C=O) groups excluding carboxylic acids is 2. The lowest BCUT2D eigenvalue weighted by Gasteiger charge is -2.13. The highest BCUT2D eigenvalue weighted by Gasteiger charge is 2.12. The number of esters is 1. The second kappa shape index (κ2) is 8.28. The second-order valence-electron chi connectivity index (χ2n) is 5.70. The Morgan fingerprint density at radius 2 is 1.68 bits per heavy atom. The van der Waals surface area contributed by atoms with E-state index in [1.807, 2.05) is 32.9 Å². The average Bonchev–Trinajstić information content (AvgIpc) is 2.55. The molecule has 2 aromatic carbocycles. The number of para-hydroxylation sites is 1. The van der Waals surface area contributed by atoms with Crippen LogP contribution in [0.15, 0.2) is 36.4 Å². The van der Waals surface area contributed by atoms with Crippen LogP contribution < -0.4 is 10.1 Å². The third kappa shape index (κ3) is 5.31. The zero-order chi connectivity index (χ0) is 18.4. The van der Waals surface area contributed by atoms with Gasteiger partial charge >= 0.3 is 5.97 Å². The largest absolute Gasteiger partial charge is 0.479 e. The zero-order valence-corrected chi connectivity index (χ0v) is 14.4. The Kier molecular flexibility index (Phi) is 6.11. The van der Waals surface area contributed by atoms with Gasteiger partial charge in [0.05, 0.1) is 0 Å². The smallest absolute Gasteiger partial charge is 0.344 e. The molecule has 132 valence electrons. The Labute approximate surface area is 145 Å². The van der Waals surface area contributed by atoms with Gasteiger partial charge in [-0.25, -0.2) is 9.18 Å². The molecule has 0 unspecified atom stereocenters. The minimum absolute atomic E-state index is 0.0465. The van der Waals surface area contributed by atoms with Gasteiger partial charge in [0.25, 0.3) is 5.91 Å². The third-order valence-corrected chi connectivity index (χ3v) is 3.49. The van der Waals surface area contributed by atoms with Gasteiger partial charge in [0.2, 0.25) is 0 Å². The van der Waals surface area contributed by atoms with Gasteiger partial charge in [0.1, 0.15) is 0 Å². The van der Waals surface area contributed by atoms with Crippen molar-refractivity contribution < 1.29 is 23.5 Å². The molecule has 0 aliphatic carbocycles. The highest BCUT2D eigenvalue weighted by Crippen LogP contribution is 2.21. The van der Waals surface area contributed by atoms with Gasteiger partial charge in [0.15, 0.2) is 24.8 Å². The van der Waals surface area contributed by atoms with E-state index in [2.05, 4.69) is 5.32 Å². The molecule has 0 spiro atoms. The molecule has 0 fully saturated rings. The number of hydrogen-bond donors (Lipinski definition) is 1. The van der Waals surface area contributed by atoms with Gasteiger partial charge in [-0.1, -0.05) is 29.8 Å². The summed E-state index contributed by atoms with van der Waals surface area (Å²) in [6.07, 6.45) is 0. The molecule has 0 bridgehead atoms. The van der Waals surface area contributed by atoms with Crippen molar-refractivity contribution in [1.82, 2.24) is 0 Å². The number of amides is 1. The van der Waals surface area contributed by atoms with Crippen LogP contribution in [0.5, 0.6) is 5.75 Å². The molecule has 5 nitrogen and oxygen atoms in total. The zero-order valence-electron chi connectivity index (χ0n) is 14.4. The topological polar surface area (TPSA) is 64.6 Å². The van der Waals surface area contributed by atoms with Gasteiger partial charge < -0.3 is 14.8 Å². The van der Waals surface area contributed by atoms with Gasteiger partial charge in [-0.05, 0) is 44.0 Å². The van der Waals surface area contributed by atoms with Crippen LogP contribution in [0, 0.1) is 26.6 Å². The molecule has 1 amide bonds. The fourth-order valence-corrected chi connectivity index (χ4v) is 2.44. The lowest BCUT2D eigenvalue weighted by Crippen LogP contribution is -2.24. The summed E-state index contributed by atoms with van der Waals surface area (Å²) in [6.45, 7) is 4.85. The summed E-state index contributed by atoms with van der Waals surface area (Å²) in [4.78, 5) is 23.6. The fraction of sp³-hybridized carbons (Fsp3) is 0.263. The van der Waals surface area contributed by atoms with Crippen LogP contribution in [0.2, 0.25) is 0 Å². The first-order chi connectivity index (χ1) is 11.9. The molecule has 0 heterocycles. The Morgan fingerprint density at radius 3 is 2.32 bits per heavy atom. The number of hydrogen-bond acceptors (Lipinski definition) is 4. The maximum Gasteiger partial charge on any atom is 0.344 e.